The molecule has 23 heavy (non-hydrogen) atoms. The summed E-state index contributed by atoms with van der Waals surface area (Å²) in [5.41, 5.74) is 3.93. The van der Waals surface area contributed by atoms with Crippen LogP contribution in [0.4, 0.5) is 0 Å². The average Bonchev–Trinajstić information content (AvgIpc) is 3.15. The quantitative estimate of drug-likeness (QED) is 0.794. The van der Waals surface area contributed by atoms with Gasteiger partial charge in [-0.2, -0.15) is 0 Å². The van der Waals surface area contributed by atoms with Crippen molar-refractivity contribution in [2.45, 2.75) is 26.7 Å². The van der Waals surface area contributed by atoms with Gasteiger partial charge < -0.3 is 9.30 Å². The summed E-state index contributed by atoms with van der Waals surface area (Å²) in [5, 5.41) is 0. The Labute approximate surface area is 137 Å². The highest BCUT2D eigenvalue weighted by atomic mass is 16.5. The molecule has 1 aliphatic rings. The van der Waals surface area contributed by atoms with E-state index in [1.807, 2.05) is 44.2 Å². The van der Waals surface area contributed by atoms with Gasteiger partial charge in [-0.15, -0.1) is 0 Å². The highest BCUT2D eigenvalue weighted by Crippen LogP contribution is 2.24. The average molecular weight is 312 g/mol. The largest absolute Gasteiger partial charge is 0.497 e. The van der Waals surface area contributed by atoms with Crippen LogP contribution in [-0.4, -0.2) is 42.0 Å². The highest BCUT2D eigenvalue weighted by molar-refractivity contribution is 5.99. The number of ketones is 1. The Morgan fingerprint density at radius 2 is 1.91 bits per heavy atom. The second-order valence-corrected chi connectivity index (χ2v) is 6.23. The zero-order valence-corrected chi connectivity index (χ0v) is 14.1. The van der Waals surface area contributed by atoms with Crippen molar-refractivity contribution in [3.05, 3.63) is 47.3 Å². The van der Waals surface area contributed by atoms with Crippen molar-refractivity contribution in [2.75, 3.05) is 26.7 Å². The minimum Gasteiger partial charge on any atom is -0.497 e. The van der Waals surface area contributed by atoms with Crippen LogP contribution in [0.5, 0.6) is 5.75 Å². The van der Waals surface area contributed by atoms with Crippen LogP contribution in [0.1, 0.15) is 34.6 Å². The molecule has 0 bridgehead atoms. The van der Waals surface area contributed by atoms with E-state index in [0.717, 1.165) is 41.5 Å². The van der Waals surface area contributed by atoms with E-state index in [0.29, 0.717) is 6.54 Å². The molecule has 1 aliphatic heterocycles. The number of hydrogen-bond acceptors (Lipinski definition) is 3. The van der Waals surface area contributed by atoms with Gasteiger partial charge in [0.1, 0.15) is 5.75 Å². The van der Waals surface area contributed by atoms with E-state index in [1.165, 1.54) is 12.8 Å². The molecule has 1 aromatic carbocycles. The van der Waals surface area contributed by atoms with Crippen LogP contribution >= 0.6 is 0 Å². The van der Waals surface area contributed by atoms with E-state index in [1.54, 1.807) is 7.11 Å². The lowest BCUT2D eigenvalue weighted by Crippen LogP contribution is -2.27. The Kier molecular flexibility index (Phi) is 4.53. The van der Waals surface area contributed by atoms with Crippen molar-refractivity contribution < 1.29 is 9.53 Å². The van der Waals surface area contributed by atoms with Crippen LogP contribution in [0.25, 0.3) is 5.69 Å². The van der Waals surface area contributed by atoms with E-state index in [4.69, 9.17) is 4.74 Å². The Morgan fingerprint density at radius 1 is 1.17 bits per heavy atom. The van der Waals surface area contributed by atoms with Crippen molar-refractivity contribution in [3.8, 4) is 11.4 Å². The molecule has 4 nitrogen and oxygen atoms in total. The van der Waals surface area contributed by atoms with Gasteiger partial charge in [0.25, 0.3) is 0 Å². The van der Waals surface area contributed by atoms with Crippen LogP contribution < -0.4 is 4.74 Å². The van der Waals surface area contributed by atoms with E-state index < -0.39 is 0 Å². The maximum atomic E-state index is 12.7. The van der Waals surface area contributed by atoms with Crippen molar-refractivity contribution in [3.63, 3.8) is 0 Å². The summed E-state index contributed by atoms with van der Waals surface area (Å²) in [6.07, 6.45) is 2.41. The van der Waals surface area contributed by atoms with Crippen LogP contribution in [0, 0.1) is 13.8 Å². The van der Waals surface area contributed by atoms with Crippen molar-refractivity contribution >= 4 is 5.78 Å². The van der Waals surface area contributed by atoms with Gasteiger partial charge in [-0.1, -0.05) is 6.07 Å². The summed E-state index contributed by atoms with van der Waals surface area (Å²) in [6, 6.07) is 9.94. The number of methoxy groups -OCH3 is 1. The third-order valence-electron chi connectivity index (χ3n) is 4.61. The van der Waals surface area contributed by atoms with Crippen molar-refractivity contribution in [2.24, 2.45) is 0 Å². The van der Waals surface area contributed by atoms with Crippen LogP contribution in [0.3, 0.4) is 0 Å². The predicted molar refractivity (Wildman–Crippen MR) is 91.8 cm³/mol. The molecule has 0 saturated carbocycles. The molecule has 3 rings (SSSR count). The zero-order valence-electron chi connectivity index (χ0n) is 14.1. The minimum absolute atomic E-state index is 0.217. The summed E-state index contributed by atoms with van der Waals surface area (Å²) in [4.78, 5) is 14.9. The van der Waals surface area contributed by atoms with Crippen LogP contribution in [0.2, 0.25) is 0 Å². The lowest BCUT2D eigenvalue weighted by molar-refractivity contribution is 0.0944. The summed E-state index contributed by atoms with van der Waals surface area (Å²) < 4.78 is 7.44. The van der Waals surface area contributed by atoms with Gasteiger partial charge in [-0.25, -0.2) is 0 Å². The molecule has 0 amide bonds. The number of hydrogen-bond donors (Lipinski definition) is 0. The summed E-state index contributed by atoms with van der Waals surface area (Å²) in [5.74, 6) is 1.04. The van der Waals surface area contributed by atoms with Crippen LogP contribution in [-0.2, 0) is 0 Å². The molecule has 1 saturated heterocycles. The fourth-order valence-corrected chi connectivity index (χ4v) is 3.42. The molecule has 2 heterocycles. The number of ether oxygens (including phenoxy) is 1. The molecule has 0 unspecified atom stereocenters. The summed E-state index contributed by atoms with van der Waals surface area (Å²) in [7, 11) is 1.67. The van der Waals surface area contributed by atoms with E-state index in [9.17, 15) is 4.79 Å². The SMILES string of the molecule is COc1cccc(-n2c(C)cc(C(=O)CN3CCCC3)c2C)c1. The Hall–Kier alpha value is -2.07. The van der Waals surface area contributed by atoms with Gasteiger partial charge in [-0.3, -0.25) is 9.69 Å². The molecule has 0 aliphatic carbocycles. The normalized spacial score (nSPS) is 15.1. The van der Waals surface area contributed by atoms with Crippen molar-refractivity contribution in [1.29, 1.82) is 0 Å². The number of carbonyl (C=O) groups is 1. The maximum Gasteiger partial charge on any atom is 0.178 e. The van der Waals surface area contributed by atoms with Gasteiger partial charge in [-0.05, 0) is 58.0 Å². The molecule has 1 aromatic heterocycles. The van der Waals surface area contributed by atoms with Gasteiger partial charge in [0, 0.05) is 28.7 Å². The molecule has 4 heteroatoms. The highest BCUT2D eigenvalue weighted by Gasteiger charge is 2.20. The van der Waals surface area contributed by atoms with E-state index in [2.05, 4.69) is 9.47 Å². The molecule has 0 spiro atoms. The lowest BCUT2D eigenvalue weighted by atomic mass is 10.1. The van der Waals surface area contributed by atoms with E-state index >= 15 is 0 Å². The van der Waals surface area contributed by atoms with Crippen molar-refractivity contribution in [1.82, 2.24) is 9.47 Å². The van der Waals surface area contributed by atoms with Gasteiger partial charge in [0.05, 0.1) is 13.7 Å². The third-order valence-corrected chi connectivity index (χ3v) is 4.61. The number of benzene rings is 1. The minimum atomic E-state index is 0.217. The number of likely N-dealkylation sites (tertiary alicyclic amines) is 1. The summed E-state index contributed by atoms with van der Waals surface area (Å²) in [6.45, 7) is 6.67. The third kappa shape index (κ3) is 3.17. The second kappa shape index (κ2) is 6.59. The number of aryl methyl sites for hydroxylation is 1. The number of carbonyl (C=O) groups excluding carboxylic acids is 1. The molecular weight excluding hydrogens is 288 g/mol. The topological polar surface area (TPSA) is 34.5 Å². The predicted octanol–water partition coefficient (Wildman–Crippen LogP) is 3.38. The molecular formula is C19H24N2O2. The number of Topliss-reactive ketones (excluding diaryl/α,β-unsaturated/α-hetero) is 1. The molecule has 122 valence electrons. The number of nitrogens with zero attached hydrogens (tertiary/aromatic N) is 2. The van der Waals surface area contributed by atoms with E-state index in [-0.39, 0.29) is 5.78 Å². The first-order valence-corrected chi connectivity index (χ1v) is 8.19. The first-order chi connectivity index (χ1) is 11.1. The standard InChI is InChI=1S/C19H24N2O2/c1-14-11-18(19(22)13-20-9-4-5-10-20)15(2)21(14)16-7-6-8-17(12-16)23-3/h6-8,11-12H,4-5,9-10,13H2,1-3H3. The zero-order chi connectivity index (χ0) is 16.4. The number of rotatable bonds is 5. The summed E-state index contributed by atoms with van der Waals surface area (Å²) >= 11 is 0. The van der Waals surface area contributed by atoms with Crippen LogP contribution in [0.15, 0.2) is 30.3 Å². The van der Waals surface area contributed by atoms with Gasteiger partial charge in [0.15, 0.2) is 5.78 Å². The molecule has 0 N–H and O–H groups in total. The molecule has 1 fully saturated rings. The number of aromatic nitrogens is 1. The fourth-order valence-electron chi connectivity index (χ4n) is 3.42. The fraction of sp³-hybridized carbons (Fsp3) is 0.421. The maximum absolute atomic E-state index is 12.7. The first kappa shape index (κ1) is 15.8. The Morgan fingerprint density at radius 3 is 2.61 bits per heavy atom. The first-order valence-electron chi connectivity index (χ1n) is 8.19. The smallest absolute Gasteiger partial charge is 0.178 e. The lowest BCUT2D eigenvalue weighted by Gasteiger charge is -2.14. The monoisotopic (exact) mass is 312 g/mol. The molecule has 2 aromatic rings. The molecule has 0 atom stereocenters. The Balaban J connectivity index is 1.90. The van der Waals surface area contributed by atoms with Gasteiger partial charge >= 0.3 is 0 Å². The Bertz CT molecular complexity index is 712. The van der Waals surface area contributed by atoms with Gasteiger partial charge in [0.2, 0.25) is 0 Å². The molecule has 0 radical (unpaired) electrons. The second-order valence-electron chi connectivity index (χ2n) is 6.23.